The summed E-state index contributed by atoms with van der Waals surface area (Å²) in [6, 6.07) is 10.7. The summed E-state index contributed by atoms with van der Waals surface area (Å²) in [5.41, 5.74) is 6.67. The molecular weight excluding hydrogens is 451 g/mol. The van der Waals surface area contributed by atoms with Crippen molar-refractivity contribution < 1.29 is 0 Å². The minimum Gasteiger partial charge on any atom is -0.0953 e. The lowest BCUT2D eigenvalue weighted by atomic mass is 9.48. The van der Waals surface area contributed by atoms with E-state index in [0.29, 0.717) is 52.8 Å². The molecule has 0 N–H and O–H groups in total. The van der Waals surface area contributed by atoms with Crippen LogP contribution in [0.3, 0.4) is 0 Å². The zero-order chi connectivity index (χ0) is 26.7. The van der Waals surface area contributed by atoms with E-state index in [1.807, 2.05) is 0 Å². The molecule has 0 radical (unpaired) electrons. The molecule has 4 aliphatic rings. The molecule has 1 aromatic carbocycles. The Kier molecular flexibility index (Phi) is 7.72. The number of rotatable bonds is 3. The lowest BCUT2D eigenvalue weighted by Crippen LogP contribution is -2.51. The van der Waals surface area contributed by atoms with Gasteiger partial charge in [0.05, 0.1) is 0 Å². The van der Waals surface area contributed by atoms with Gasteiger partial charge < -0.3 is 0 Å². The number of hydrogen-bond donors (Lipinski definition) is 0. The Bertz CT molecular complexity index is 1020. The van der Waals surface area contributed by atoms with Gasteiger partial charge in [0.2, 0.25) is 0 Å². The van der Waals surface area contributed by atoms with Gasteiger partial charge in [-0.25, -0.2) is 0 Å². The summed E-state index contributed by atoms with van der Waals surface area (Å²) < 4.78 is 0. The maximum atomic E-state index is 4.62. The van der Waals surface area contributed by atoms with Gasteiger partial charge in [-0.2, -0.15) is 0 Å². The molecule has 1 aromatic rings. The Balaban J connectivity index is 0.000000256. The van der Waals surface area contributed by atoms with Crippen molar-refractivity contribution in [2.24, 2.45) is 64.6 Å². The molecular formula is C35H51P. The zero-order valence-corrected chi connectivity index (χ0v) is 25.3. The van der Waals surface area contributed by atoms with Crippen molar-refractivity contribution >= 4 is 13.9 Å². The molecule has 36 heavy (non-hydrogen) atoms. The van der Waals surface area contributed by atoms with Crippen molar-refractivity contribution in [3.8, 4) is 0 Å². The predicted octanol–water partition coefficient (Wildman–Crippen LogP) is 9.32. The molecule has 0 spiro atoms. The fraction of sp³-hybridized carbons (Fsp3) is 0.600. The van der Waals surface area contributed by atoms with Crippen LogP contribution in [0.1, 0.15) is 61.8 Å². The van der Waals surface area contributed by atoms with E-state index in [9.17, 15) is 0 Å². The molecule has 5 rings (SSSR count). The highest BCUT2D eigenvalue weighted by Gasteiger charge is 2.66. The van der Waals surface area contributed by atoms with E-state index < -0.39 is 0 Å². The van der Waals surface area contributed by atoms with Crippen LogP contribution in [-0.4, -0.2) is 5.66 Å². The molecule has 0 aliphatic heterocycles. The lowest BCUT2D eigenvalue weighted by molar-refractivity contribution is -0.0642. The summed E-state index contributed by atoms with van der Waals surface area (Å²) in [5.74, 6) is 6.64. The van der Waals surface area contributed by atoms with E-state index in [1.54, 1.807) is 0 Å². The van der Waals surface area contributed by atoms with Crippen LogP contribution in [0, 0.1) is 64.6 Å². The van der Waals surface area contributed by atoms with E-state index in [2.05, 4.69) is 112 Å². The largest absolute Gasteiger partial charge is 0.0953 e. The molecule has 0 saturated heterocycles. The first-order valence-electron chi connectivity index (χ1n) is 14.3. The maximum absolute atomic E-state index is 4.62. The van der Waals surface area contributed by atoms with Gasteiger partial charge in [0, 0.05) is 0 Å². The van der Waals surface area contributed by atoms with E-state index in [4.69, 9.17) is 0 Å². The van der Waals surface area contributed by atoms with Gasteiger partial charge in [-0.05, 0) is 104 Å². The second-order valence-electron chi connectivity index (χ2n) is 14.0. The van der Waals surface area contributed by atoms with Crippen LogP contribution in [0.2, 0.25) is 0 Å². The summed E-state index contributed by atoms with van der Waals surface area (Å²) in [5, 5.41) is 1.47. The van der Waals surface area contributed by atoms with Crippen molar-refractivity contribution in [2.45, 2.75) is 67.5 Å². The topological polar surface area (TPSA) is 0 Å². The first-order chi connectivity index (χ1) is 16.8. The fourth-order valence-electron chi connectivity index (χ4n) is 8.87. The maximum Gasteiger partial charge on any atom is -0.00965 e. The van der Waals surface area contributed by atoms with Crippen molar-refractivity contribution in [2.75, 3.05) is 0 Å². The predicted molar refractivity (Wildman–Crippen MR) is 162 cm³/mol. The highest BCUT2D eigenvalue weighted by molar-refractivity contribution is 7.47. The lowest BCUT2D eigenvalue weighted by Gasteiger charge is -2.55. The van der Waals surface area contributed by atoms with Crippen LogP contribution in [0.25, 0.3) is 0 Å². The van der Waals surface area contributed by atoms with Crippen molar-refractivity contribution in [3.05, 3.63) is 78.9 Å². The van der Waals surface area contributed by atoms with Gasteiger partial charge >= 0.3 is 0 Å². The van der Waals surface area contributed by atoms with Crippen molar-refractivity contribution in [1.82, 2.24) is 0 Å². The molecule has 0 bridgehead atoms. The summed E-state index contributed by atoms with van der Waals surface area (Å²) in [7, 11) is 0.961. The third kappa shape index (κ3) is 4.66. The van der Waals surface area contributed by atoms with Crippen LogP contribution < -0.4 is 5.30 Å². The molecule has 11 unspecified atom stereocenters. The highest BCUT2D eigenvalue weighted by Crippen LogP contribution is 2.72. The monoisotopic (exact) mass is 502 g/mol. The van der Waals surface area contributed by atoms with Crippen LogP contribution in [0.15, 0.2) is 78.9 Å². The molecule has 196 valence electrons. The van der Waals surface area contributed by atoms with Gasteiger partial charge in [-0.15, -0.1) is 0 Å². The molecule has 1 heteroatoms. The van der Waals surface area contributed by atoms with Crippen LogP contribution in [-0.2, 0) is 0 Å². The summed E-state index contributed by atoms with van der Waals surface area (Å²) in [4.78, 5) is 0. The highest BCUT2D eigenvalue weighted by atomic mass is 31.1. The van der Waals surface area contributed by atoms with Crippen molar-refractivity contribution in [1.29, 1.82) is 0 Å². The van der Waals surface area contributed by atoms with Crippen LogP contribution in [0.4, 0.5) is 0 Å². The molecule has 4 aliphatic carbocycles. The molecule has 11 atom stereocenters. The van der Waals surface area contributed by atoms with Gasteiger partial charge in [0.25, 0.3) is 0 Å². The molecule has 4 fully saturated rings. The normalized spacial score (nSPS) is 39.6. The Hall–Kier alpha value is -1.39. The third-order valence-corrected chi connectivity index (χ3v) is 11.5. The zero-order valence-electron chi connectivity index (χ0n) is 24.3. The fourth-order valence-corrected chi connectivity index (χ4v) is 9.92. The quantitative estimate of drug-likeness (QED) is 0.361. The Morgan fingerprint density at radius 3 is 1.56 bits per heavy atom. The molecule has 0 nitrogen and oxygen atoms in total. The molecule has 0 heterocycles. The summed E-state index contributed by atoms with van der Waals surface area (Å²) in [6.07, 6.45) is 1.27. The number of benzene rings is 1. The Morgan fingerprint density at radius 1 is 0.694 bits per heavy atom. The van der Waals surface area contributed by atoms with Gasteiger partial charge in [0.15, 0.2) is 0 Å². The standard InChI is InChI=1S/C26H38.C9H13P/c1-12-13(2)21-16(5)17(6)23-19(11-26(8,9)10)18(7)22-15(4)14(3)20(12)24(22)25(21)23;1-8(2)10-9-6-4-3-5-7-9/h12-13,18-25H,3-6,11H2,1-2,7-10H3;3-8,10H,1-2H3. The Labute approximate surface area is 224 Å². The molecule has 0 aromatic heterocycles. The van der Waals surface area contributed by atoms with Crippen LogP contribution in [0.5, 0.6) is 0 Å². The van der Waals surface area contributed by atoms with Gasteiger partial charge in [-0.3, -0.25) is 0 Å². The average molecular weight is 503 g/mol. The molecule has 0 amide bonds. The van der Waals surface area contributed by atoms with Gasteiger partial charge in [0.1, 0.15) is 0 Å². The van der Waals surface area contributed by atoms with E-state index in [1.165, 1.54) is 34.0 Å². The van der Waals surface area contributed by atoms with E-state index in [-0.39, 0.29) is 0 Å². The average Bonchev–Trinajstić information content (AvgIpc) is 3.20. The number of allylic oxidation sites excluding steroid dienone is 4. The van der Waals surface area contributed by atoms with Crippen LogP contribution >= 0.6 is 8.58 Å². The smallest absolute Gasteiger partial charge is 0.00965 e. The molecule has 4 saturated carbocycles. The first kappa shape index (κ1) is 27.6. The second kappa shape index (κ2) is 10.1. The van der Waals surface area contributed by atoms with E-state index in [0.717, 1.165) is 26.1 Å². The minimum atomic E-state index is 0.343. The van der Waals surface area contributed by atoms with Crippen molar-refractivity contribution in [3.63, 3.8) is 0 Å². The Morgan fingerprint density at radius 2 is 1.11 bits per heavy atom. The SMILES string of the molecule is C=C1C(=C)C2C(C)C(CC(C)(C)C)C3C(=C)C(=C)C4C(C)C(C)C1C2C43.CC(C)Pc1ccccc1. The van der Waals surface area contributed by atoms with E-state index >= 15 is 0 Å². The minimum absolute atomic E-state index is 0.343. The summed E-state index contributed by atoms with van der Waals surface area (Å²) >= 11 is 0. The first-order valence-corrected chi connectivity index (χ1v) is 15.4. The summed E-state index contributed by atoms with van der Waals surface area (Å²) in [6.45, 7) is 37.5. The van der Waals surface area contributed by atoms with Gasteiger partial charge in [-0.1, -0.05) is 121 Å². The third-order valence-electron chi connectivity index (χ3n) is 10.3. The number of hydrogen-bond acceptors (Lipinski definition) is 0. The second-order valence-corrected chi connectivity index (χ2v) is 16.1.